The van der Waals surface area contributed by atoms with Crippen molar-refractivity contribution in [2.45, 2.75) is 52.8 Å². The van der Waals surface area contributed by atoms with Crippen molar-refractivity contribution in [3.63, 3.8) is 0 Å². The van der Waals surface area contributed by atoms with E-state index in [-0.39, 0.29) is 12.1 Å². The van der Waals surface area contributed by atoms with Crippen LogP contribution in [0.25, 0.3) is 0 Å². The Morgan fingerprint density at radius 2 is 2.00 bits per heavy atom. The summed E-state index contributed by atoms with van der Waals surface area (Å²) in [5.74, 6) is 0. The summed E-state index contributed by atoms with van der Waals surface area (Å²) in [6.07, 6.45) is 0.514. The average Bonchev–Trinajstić information content (AvgIpc) is 2.80. The molecule has 1 aromatic heterocycles. The van der Waals surface area contributed by atoms with E-state index in [1.54, 1.807) is 23.2 Å². The Kier molecular flexibility index (Phi) is 6.31. The fourth-order valence-corrected chi connectivity index (χ4v) is 2.68. The summed E-state index contributed by atoms with van der Waals surface area (Å²) in [5.41, 5.74) is 0. The lowest BCUT2D eigenvalue weighted by Crippen LogP contribution is -2.46. The van der Waals surface area contributed by atoms with Crippen molar-refractivity contribution in [2.24, 2.45) is 0 Å². The molecule has 1 rings (SSSR count). The van der Waals surface area contributed by atoms with Gasteiger partial charge in [-0.3, -0.25) is 0 Å². The standard InChI is InChI=1S/C14H24N2O2S/c1-5-12-6-7-13(19-12)8-15-14(18)16(10(2)3)9-11(4)17/h6-7,10-11,17H,5,8-9H2,1-4H3,(H,15,18). The zero-order valence-corrected chi connectivity index (χ0v) is 13.0. The van der Waals surface area contributed by atoms with Crippen LogP contribution in [0, 0.1) is 0 Å². The van der Waals surface area contributed by atoms with Crippen LogP contribution < -0.4 is 5.32 Å². The van der Waals surface area contributed by atoms with Crippen molar-refractivity contribution in [3.8, 4) is 0 Å². The van der Waals surface area contributed by atoms with Gasteiger partial charge in [-0.25, -0.2) is 4.79 Å². The maximum atomic E-state index is 12.1. The number of hydrogen-bond acceptors (Lipinski definition) is 3. The molecule has 0 bridgehead atoms. The first-order valence-corrected chi connectivity index (χ1v) is 7.55. The van der Waals surface area contributed by atoms with Crippen LogP contribution in [0.3, 0.4) is 0 Å². The summed E-state index contributed by atoms with van der Waals surface area (Å²) < 4.78 is 0. The second-order valence-corrected chi connectivity index (χ2v) is 6.23. The molecular formula is C14H24N2O2S. The number of aliphatic hydroxyl groups is 1. The van der Waals surface area contributed by atoms with Gasteiger partial charge in [0.2, 0.25) is 0 Å². The number of nitrogens with one attached hydrogen (secondary N) is 1. The number of carbonyl (C=O) groups excluding carboxylic acids is 1. The van der Waals surface area contributed by atoms with E-state index in [2.05, 4.69) is 24.4 Å². The number of aryl methyl sites for hydroxylation is 1. The molecule has 0 saturated heterocycles. The van der Waals surface area contributed by atoms with Gasteiger partial charge >= 0.3 is 6.03 Å². The lowest BCUT2D eigenvalue weighted by molar-refractivity contribution is 0.119. The monoisotopic (exact) mass is 284 g/mol. The van der Waals surface area contributed by atoms with Gasteiger partial charge in [0.05, 0.1) is 12.6 Å². The van der Waals surface area contributed by atoms with Crippen LogP contribution in [0.2, 0.25) is 0 Å². The molecule has 0 aliphatic carbocycles. The molecule has 2 N–H and O–H groups in total. The molecule has 0 spiro atoms. The van der Waals surface area contributed by atoms with Gasteiger partial charge < -0.3 is 15.3 Å². The SMILES string of the molecule is CCc1ccc(CNC(=O)N(CC(C)O)C(C)C)s1. The lowest BCUT2D eigenvalue weighted by atomic mass is 10.3. The van der Waals surface area contributed by atoms with Crippen molar-refractivity contribution in [2.75, 3.05) is 6.54 Å². The predicted molar refractivity (Wildman–Crippen MR) is 79.5 cm³/mol. The van der Waals surface area contributed by atoms with Gasteiger partial charge in [-0.1, -0.05) is 6.92 Å². The number of aliphatic hydroxyl groups excluding tert-OH is 1. The van der Waals surface area contributed by atoms with E-state index in [0.717, 1.165) is 11.3 Å². The summed E-state index contributed by atoms with van der Waals surface area (Å²) in [7, 11) is 0. The summed E-state index contributed by atoms with van der Waals surface area (Å²) in [5, 5.41) is 12.3. The first kappa shape index (κ1) is 16.0. The van der Waals surface area contributed by atoms with Crippen LogP contribution >= 0.6 is 11.3 Å². The minimum absolute atomic E-state index is 0.0733. The molecule has 0 aliphatic heterocycles. The van der Waals surface area contributed by atoms with E-state index < -0.39 is 6.10 Å². The fourth-order valence-electron chi connectivity index (χ4n) is 1.78. The van der Waals surface area contributed by atoms with E-state index >= 15 is 0 Å². The highest BCUT2D eigenvalue weighted by Crippen LogP contribution is 2.16. The Balaban J connectivity index is 2.52. The average molecular weight is 284 g/mol. The third-order valence-corrected chi connectivity index (χ3v) is 4.05. The van der Waals surface area contributed by atoms with Gasteiger partial charge in [-0.15, -0.1) is 11.3 Å². The van der Waals surface area contributed by atoms with Gasteiger partial charge in [0.15, 0.2) is 0 Å². The highest BCUT2D eigenvalue weighted by molar-refractivity contribution is 7.11. The zero-order valence-electron chi connectivity index (χ0n) is 12.1. The Morgan fingerprint density at radius 3 is 2.47 bits per heavy atom. The summed E-state index contributed by atoms with van der Waals surface area (Å²) in [6.45, 7) is 8.61. The predicted octanol–water partition coefficient (Wildman–Crippen LogP) is 2.61. The van der Waals surface area contributed by atoms with Gasteiger partial charge in [0.25, 0.3) is 0 Å². The topological polar surface area (TPSA) is 52.6 Å². The van der Waals surface area contributed by atoms with Crippen molar-refractivity contribution >= 4 is 17.4 Å². The van der Waals surface area contributed by atoms with Crippen LogP contribution in [-0.4, -0.2) is 34.7 Å². The van der Waals surface area contributed by atoms with E-state index in [1.165, 1.54) is 4.88 Å². The van der Waals surface area contributed by atoms with Gasteiger partial charge in [-0.2, -0.15) is 0 Å². The van der Waals surface area contributed by atoms with E-state index in [4.69, 9.17) is 0 Å². The molecule has 5 heteroatoms. The van der Waals surface area contributed by atoms with Crippen molar-refractivity contribution < 1.29 is 9.90 Å². The fraction of sp³-hybridized carbons (Fsp3) is 0.643. The smallest absolute Gasteiger partial charge is 0.318 e. The quantitative estimate of drug-likeness (QED) is 0.843. The highest BCUT2D eigenvalue weighted by atomic mass is 32.1. The Hall–Kier alpha value is -1.07. The summed E-state index contributed by atoms with van der Waals surface area (Å²) >= 11 is 1.73. The van der Waals surface area contributed by atoms with Crippen LogP contribution in [0.5, 0.6) is 0 Å². The Morgan fingerprint density at radius 1 is 1.37 bits per heavy atom. The second-order valence-electron chi connectivity index (χ2n) is 4.98. The number of carbonyl (C=O) groups is 1. The molecule has 0 aliphatic rings. The molecule has 1 unspecified atom stereocenters. The zero-order chi connectivity index (χ0) is 14.4. The van der Waals surface area contributed by atoms with Gasteiger partial charge in [0, 0.05) is 22.3 Å². The first-order valence-electron chi connectivity index (χ1n) is 6.74. The molecule has 0 radical (unpaired) electrons. The summed E-state index contributed by atoms with van der Waals surface area (Å²) in [4.78, 5) is 16.2. The molecule has 1 aromatic rings. The second kappa shape index (κ2) is 7.50. The minimum Gasteiger partial charge on any atom is -0.392 e. The van der Waals surface area contributed by atoms with Crippen LogP contribution in [-0.2, 0) is 13.0 Å². The van der Waals surface area contributed by atoms with Crippen molar-refractivity contribution in [1.82, 2.24) is 10.2 Å². The van der Waals surface area contributed by atoms with Crippen LogP contribution in [0.1, 0.15) is 37.4 Å². The third kappa shape index (κ3) is 5.20. The number of nitrogens with zero attached hydrogens (tertiary/aromatic N) is 1. The molecule has 0 fully saturated rings. The van der Waals surface area contributed by atoms with E-state index in [1.807, 2.05) is 13.8 Å². The molecular weight excluding hydrogens is 260 g/mol. The van der Waals surface area contributed by atoms with Gasteiger partial charge in [0.1, 0.15) is 0 Å². The molecule has 0 saturated carbocycles. The highest BCUT2D eigenvalue weighted by Gasteiger charge is 2.18. The molecule has 1 heterocycles. The largest absolute Gasteiger partial charge is 0.392 e. The lowest BCUT2D eigenvalue weighted by Gasteiger charge is -2.28. The van der Waals surface area contributed by atoms with E-state index in [0.29, 0.717) is 13.1 Å². The third-order valence-electron chi connectivity index (χ3n) is 2.82. The first-order chi connectivity index (χ1) is 8.93. The molecule has 2 amide bonds. The molecule has 0 aromatic carbocycles. The van der Waals surface area contributed by atoms with Crippen molar-refractivity contribution in [1.29, 1.82) is 0 Å². The molecule has 19 heavy (non-hydrogen) atoms. The Bertz CT molecular complexity index is 402. The van der Waals surface area contributed by atoms with Crippen LogP contribution in [0.4, 0.5) is 4.79 Å². The maximum absolute atomic E-state index is 12.1. The molecule has 4 nitrogen and oxygen atoms in total. The number of urea groups is 1. The minimum atomic E-state index is -0.512. The van der Waals surface area contributed by atoms with Crippen LogP contribution in [0.15, 0.2) is 12.1 Å². The maximum Gasteiger partial charge on any atom is 0.318 e. The van der Waals surface area contributed by atoms with Crippen molar-refractivity contribution in [3.05, 3.63) is 21.9 Å². The summed E-state index contributed by atoms with van der Waals surface area (Å²) in [6, 6.07) is 4.10. The molecule has 108 valence electrons. The number of amides is 2. The normalized spacial score (nSPS) is 12.5. The number of hydrogen-bond donors (Lipinski definition) is 2. The van der Waals surface area contributed by atoms with Gasteiger partial charge in [-0.05, 0) is 39.3 Å². The number of rotatable bonds is 6. The molecule has 1 atom stereocenters. The van der Waals surface area contributed by atoms with E-state index in [9.17, 15) is 9.90 Å². The number of thiophene rings is 1. The Labute approximate surface area is 119 Å².